The summed E-state index contributed by atoms with van der Waals surface area (Å²) in [6.45, 7) is 9.42. The molecule has 0 saturated carbocycles. The molecule has 0 amide bonds. The fourth-order valence-electron chi connectivity index (χ4n) is 3.32. The SMILES string of the molecule is CCNC(=NCC(O)c1ccc(C)cc1)NC1CCN(CCCOC)CC1.I. The van der Waals surface area contributed by atoms with Crippen LogP contribution in [0.3, 0.4) is 0 Å². The van der Waals surface area contributed by atoms with Crippen LogP contribution in [0.25, 0.3) is 0 Å². The highest BCUT2D eigenvalue weighted by molar-refractivity contribution is 14.0. The molecule has 1 aromatic carbocycles. The third-order valence-corrected chi connectivity index (χ3v) is 4.98. The number of aryl methyl sites for hydroxylation is 1. The van der Waals surface area contributed by atoms with Crippen LogP contribution in [0.15, 0.2) is 29.3 Å². The number of halogens is 1. The molecule has 28 heavy (non-hydrogen) atoms. The lowest BCUT2D eigenvalue weighted by molar-refractivity contribution is 0.155. The fraction of sp³-hybridized carbons (Fsp3) is 0.667. The smallest absolute Gasteiger partial charge is 0.191 e. The Labute approximate surface area is 187 Å². The van der Waals surface area contributed by atoms with Gasteiger partial charge in [-0.2, -0.15) is 0 Å². The molecule has 0 aliphatic carbocycles. The molecule has 6 nitrogen and oxygen atoms in total. The highest BCUT2D eigenvalue weighted by Crippen LogP contribution is 2.14. The topological polar surface area (TPSA) is 69.1 Å². The summed E-state index contributed by atoms with van der Waals surface area (Å²) in [5, 5.41) is 17.2. The van der Waals surface area contributed by atoms with Crippen LogP contribution in [-0.2, 0) is 4.74 Å². The summed E-state index contributed by atoms with van der Waals surface area (Å²) in [5.74, 6) is 0.793. The summed E-state index contributed by atoms with van der Waals surface area (Å²) in [6.07, 6.45) is 2.73. The fourth-order valence-corrected chi connectivity index (χ4v) is 3.32. The monoisotopic (exact) mass is 504 g/mol. The minimum atomic E-state index is -0.580. The van der Waals surface area contributed by atoms with Crippen LogP contribution in [-0.4, -0.2) is 68.4 Å². The van der Waals surface area contributed by atoms with E-state index >= 15 is 0 Å². The largest absolute Gasteiger partial charge is 0.386 e. The van der Waals surface area contributed by atoms with Gasteiger partial charge in [-0.1, -0.05) is 29.8 Å². The third kappa shape index (κ3) is 9.07. The summed E-state index contributed by atoms with van der Waals surface area (Å²) >= 11 is 0. The molecule has 160 valence electrons. The second-order valence-electron chi connectivity index (χ2n) is 7.25. The van der Waals surface area contributed by atoms with E-state index in [1.54, 1.807) is 7.11 Å². The van der Waals surface area contributed by atoms with Crippen LogP contribution in [0.1, 0.15) is 43.4 Å². The maximum atomic E-state index is 10.4. The zero-order valence-electron chi connectivity index (χ0n) is 17.5. The number of nitrogens with one attached hydrogen (secondary N) is 2. The molecule has 1 saturated heterocycles. The quantitative estimate of drug-likeness (QED) is 0.209. The molecule has 0 radical (unpaired) electrons. The van der Waals surface area contributed by atoms with Crippen molar-refractivity contribution in [1.82, 2.24) is 15.5 Å². The molecule has 7 heteroatoms. The Balaban J connectivity index is 0.00000392. The van der Waals surface area contributed by atoms with Crippen molar-refractivity contribution < 1.29 is 9.84 Å². The number of methoxy groups -OCH3 is 1. The van der Waals surface area contributed by atoms with Gasteiger partial charge in [0.2, 0.25) is 0 Å². The lowest BCUT2D eigenvalue weighted by Crippen LogP contribution is -2.49. The van der Waals surface area contributed by atoms with E-state index in [1.165, 1.54) is 5.56 Å². The Kier molecular flexibility index (Phi) is 12.7. The van der Waals surface area contributed by atoms with Crippen LogP contribution in [0, 0.1) is 6.92 Å². The van der Waals surface area contributed by atoms with Gasteiger partial charge in [-0.15, -0.1) is 24.0 Å². The van der Waals surface area contributed by atoms with Gasteiger partial charge >= 0.3 is 0 Å². The van der Waals surface area contributed by atoms with E-state index in [9.17, 15) is 5.11 Å². The van der Waals surface area contributed by atoms with Crippen molar-refractivity contribution in [3.63, 3.8) is 0 Å². The minimum Gasteiger partial charge on any atom is -0.386 e. The average Bonchev–Trinajstić information content (AvgIpc) is 2.68. The molecule has 1 unspecified atom stereocenters. The van der Waals surface area contributed by atoms with Gasteiger partial charge in [0.25, 0.3) is 0 Å². The molecule has 2 rings (SSSR count). The Bertz CT molecular complexity index is 560. The first kappa shape index (κ1) is 25.1. The predicted octanol–water partition coefficient (Wildman–Crippen LogP) is 2.70. The maximum Gasteiger partial charge on any atom is 0.191 e. The molecule has 0 spiro atoms. The van der Waals surface area contributed by atoms with E-state index in [4.69, 9.17) is 4.74 Å². The molecule has 1 heterocycles. The van der Waals surface area contributed by atoms with Crippen molar-refractivity contribution in [3.8, 4) is 0 Å². The van der Waals surface area contributed by atoms with Crippen LogP contribution in [0.4, 0.5) is 0 Å². The third-order valence-electron chi connectivity index (χ3n) is 4.98. The number of nitrogens with zero attached hydrogens (tertiary/aromatic N) is 2. The Morgan fingerprint density at radius 3 is 2.57 bits per heavy atom. The highest BCUT2D eigenvalue weighted by atomic mass is 127. The van der Waals surface area contributed by atoms with Gasteiger partial charge < -0.3 is 25.4 Å². The van der Waals surface area contributed by atoms with Crippen molar-refractivity contribution in [2.75, 3.05) is 46.4 Å². The molecule has 1 aliphatic rings. The number of hydrogen-bond acceptors (Lipinski definition) is 4. The second-order valence-corrected chi connectivity index (χ2v) is 7.25. The molecular formula is C21H37IN4O2. The van der Waals surface area contributed by atoms with Crippen LogP contribution in [0.5, 0.6) is 0 Å². The molecule has 0 bridgehead atoms. The van der Waals surface area contributed by atoms with Crippen LogP contribution < -0.4 is 10.6 Å². The van der Waals surface area contributed by atoms with Gasteiger partial charge in [0.15, 0.2) is 5.96 Å². The summed E-state index contributed by atoms with van der Waals surface area (Å²) < 4.78 is 5.13. The van der Waals surface area contributed by atoms with E-state index in [1.807, 2.05) is 31.2 Å². The van der Waals surface area contributed by atoms with E-state index in [0.29, 0.717) is 12.6 Å². The molecule has 1 atom stereocenters. The minimum absolute atomic E-state index is 0. The van der Waals surface area contributed by atoms with Gasteiger partial charge in [-0.05, 0) is 38.7 Å². The first-order valence-corrected chi connectivity index (χ1v) is 10.1. The highest BCUT2D eigenvalue weighted by Gasteiger charge is 2.19. The lowest BCUT2D eigenvalue weighted by atomic mass is 10.1. The summed E-state index contributed by atoms with van der Waals surface area (Å²) in [4.78, 5) is 7.10. The first-order valence-electron chi connectivity index (χ1n) is 10.1. The number of rotatable bonds is 9. The van der Waals surface area contributed by atoms with Gasteiger partial charge in [-0.25, -0.2) is 0 Å². The second kappa shape index (κ2) is 14.1. The number of piperidine rings is 1. The normalized spacial score (nSPS) is 17.1. The number of benzene rings is 1. The Morgan fingerprint density at radius 2 is 1.96 bits per heavy atom. The Hall–Kier alpha value is -0.900. The molecule has 1 aromatic rings. The number of guanidine groups is 1. The molecule has 3 N–H and O–H groups in total. The van der Waals surface area contributed by atoms with Crippen molar-refractivity contribution in [3.05, 3.63) is 35.4 Å². The van der Waals surface area contributed by atoms with Crippen molar-refractivity contribution in [2.24, 2.45) is 4.99 Å². The van der Waals surface area contributed by atoms with E-state index in [2.05, 4.69) is 27.4 Å². The van der Waals surface area contributed by atoms with Gasteiger partial charge in [0, 0.05) is 45.9 Å². The van der Waals surface area contributed by atoms with Crippen LogP contribution >= 0.6 is 24.0 Å². The van der Waals surface area contributed by atoms with E-state index < -0.39 is 6.10 Å². The van der Waals surface area contributed by atoms with Gasteiger partial charge in [0.1, 0.15) is 0 Å². The average molecular weight is 504 g/mol. The first-order chi connectivity index (χ1) is 13.1. The number of likely N-dealkylation sites (tertiary alicyclic amines) is 1. The maximum absolute atomic E-state index is 10.4. The van der Waals surface area contributed by atoms with Gasteiger partial charge in [-0.3, -0.25) is 4.99 Å². The van der Waals surface area contributed by atoms with E-state index in [-0.39, 0.29) is 24.0 Å². The van der Waals surface area contributed by atoms with Crippen molar-refractivity contribution >= 4 is 29.9 Å². The number of ether oxygens (including phenoxy) is 1. The molecule has 1 aliphatic heterocycles. The lowest BCUT2D eigenvalue weighted by Gasteiger charge is -2.33. The number of aliphatic hydroxyl groups excluding tert-OH is 1. The molecule has 0 aromatic heterocycles. The number of aliphatic imine (C=N–C) groups is 1. The predicted molar refractivity (Wildman–Crippen MR) is 127 cm³/mol. The number of aliphatic hydroxyl groups is 1. The summed E-state index contributed by atoms with van der Waals surface area (Å²) in [7, 11) is 1.76. The molecular weight excluding hydrogens is 467 g/mol. The van der Waals surface area contributed by atoms with Gasteiger partial charge in [0.05, 0.1) is 12.6 Å². The van der Waals surface area contributed by atoms with Crippen LogP contribution in [0.2, 0.25) is 0 Å². The van der Waals surface area contributed by atoms with Crippen molar-refractivity contribution in [1.29, 1.82) is 0 Å². The van der Waals surface area contributed by atoms with Crippen molar-refractivity contribution in [2.45, 2.75) is 45.3 Å². The summed E-state index contributed by atoms with van der Waals surface area (Å²) in [6, 6.07) is 8.40. The zero-order chi connectivity index (χ0) is 19.5. The zero-order valence-corrected chi connectivity index (χ0v) is 19.8. The molecule has 1 fully saturated rings. The standard InChI is InChI=1S/C21H36N4O2.HI/c1-4-22-21(23-16-20(26)18-8-6-17(2)7-9-18)24-19-10-13-25(14-11-19)12-5-15-27-3;/h6-9,19-20,26H,4-5,10-16H2,1-3H3,(H2,22,23,24);1H. The van der Waals surface area contributed by atoms with E-state index in [0.717, 1.165) is 63.6 Å². The summed E-state index contributed by atoms with van der Waals surface area (Å²) in [5.41, 5.74) is 2.10. The number of hydrogen-bond donors (Lipinski definition) is 3. The Morgan fingerprint density at radius 1 is 1.29 bits per heavy atom.